The van der Waals surface area contributed by atoms with Crippen LogP contribution in [0.2, 0.25) is 0 Å². The van der Waals surface area contributed by atoms with Crippen molar-refractivity contribution in [1.29, 1.82) is 0 Å². The average Bonchev–Trinajstić information content (AvgIpc) is 3.19. The van der Waals surface area contributed by atoms with Gasteiger partial charge in [-0.25, -0.2) is 14.8 Å². The Morgan fingerprint density at radius 1 is 1.19 bits per heavy atom. The minimum Gasteiger partial charge on any atom is -0.462 e. The third-order valence-electron chi connectivity index (χ3n) is 3.80. The van der Waals surface area contributed by atoms with Gasteiger partial charge in [-0.15, -0.1) is 11.3 Å². The van der Waals surface area contributed by atoms with Crippen molar-refractivity contribution >= 4 is 40.3 Å². The smallest absolute Gasteiger partial charge is 0.340 e. The van der Waals surface area contributed by atoms with E-state index in [1.165, 1.54) is 11.2 Å². The molecule has 0 aliphatic carbocycles. The van der Waals surface area contributed by atoms with Gasteiger partial charge in [0.1, 0.15) is 12.0 Å². The SMILES string of the molecule is CCOC(=O)c1ccccc1Nc1ncnc(NCCc2cccs2)c1N. The lowest BCUT2D eigenvalue weighted by Crippen LogP contribution is -2.12. The van der Waals surface area contributed by atoms with Crippen LogP contribution >= 0.6 is 11.3 Å². The van der Waals surface area contributed by atoms with Crippen molar-refractivity contribution < 1.29 is 9.53 Å². The van der Waals surface area contributed by atoms with Crippen LogP contribution in [0.1, 0.15) is 22.2 Å². The van der Waals surface area contributed by atoms with Crippen molar-refractivity contribution in [3.8, 4) is 0 Å². The molecule has 2 aromatic heterocycles. The third-order valence-corrected chi connectivity index (χ3v) is 4.74. The first kappa shape index (κ1) is 18.7. The van der Waals surface area contributed by atoms with Crippen LogP contribution in [-0.2, 0) is 11.2 Å². The van der Waals surface area contributed by atoms with Crippen molar-refractivity contribution in [2.75, 3.05) is 29.5 Å². The predicted octanol–water partition coefficient (Wildman–Crippen LogP) is 3.70. The summed E-state index contributed by atoms with van der Waals surface area (Å²) in [5, 5.41) is 8.40. The van der Waals surface area contributed by atoms with E-state index in [1.54, 1.807) is 36.5 Å². The van der Waals surface area contributed by atoms with Crippen LogP contribution in [0, 0.1) is 0 Å². The number of esters is 1. The number of nitrogens with zero attached hydrogens (tertiary/aromatic N) is 2. The Kier molecular flexibility index (Phi) is 6.22. The van der Waals surface area contributed by atoms with E-state index in [1.807, 2.05) is 12.1 Å². The summed E-state index contributed by atoms with van der Waals surface area (Å²) in [6, 6.07) is 11.2. The van der Waals surface area contributed by atoms with Gasteiger partial charge in [0.2, 0.25) is 0 Å². The van der Waals surface area contributed by atoms with Crippen LogP contribution in [0.15, 0.2) is 48.1 Å². The molecule has 0 radical (unpaired) electrons. The van der Waals surface area contributed by atoms with Crippen molar-refractivity contribution in [1.82, 2.24) is 9.97 Å². The summed E-state index contributed by atoms with van der Waals surface area (Å²) in [7, 11) is 0. The minimum absolute atomic E-state index is 0.307. The van der Waals surface area contributed by atoms with Gasteiger partial charge in [0.05, 0.1) is 17.9 Å². The number of hydrogen-bond donors (Lipinski definition) is 3. The normalized spacial score (nSPS) is 10.4. The number of rotatable bonds is 8. The quantitative estimate of drug-likeness (QED) is 0.510. The maximum atomic E-state index is 12.1. The summed E-state index contributed by atoms with van der Waals surface area (Å²) in [5.41, 5.74) is 7.60. The molecular formula is C19H21N5O2S. The highest BCUT2D eigenvalue weighted by Crippen LogP contribution is 2.27. The Morgan fingerprint density at radius 2 is 2.00 bits per heavy atom. The Hall–Kier alpha value is -3.13. The first-order chi connectivity index (χ1) is 13.2. The van der Waals surface area contributed by atoms with Gasteiger partial charge in [-0.2, -0.15) is 0 Å². The summed E-state index contributed by atoms with van der Waals surface area (Å²) >= 11 is 1.72. The van der Waals surface area contributed by atoms with E-state index >= 15 is 0 Å². The van der Waals surface area contributed by atoms with E-state index in [4.69, 9.17) is 10.5 Å². The number of ether oxygens (including phenoxy) is 1. The van der Waals surface area contributed by atoms with Gasteiger partial charge in [0, 0.05) is 11.4 Å². The van der Waals surface area contributed by atoms with Gasteiger partial charge in [-0.05, 0) is 36.9 Å². The summed E-state index contributed by atoms with van der Waals surface area (Å²) < 4.78 is 5.09. The Bertz CT molecular complexity index is 899. The van der Waals surface area contributed by atoms with Crippen LogP contribution in [0.4, 0.5) is 23.0 Å². The fraction of sp³-hybridized carbons (Fsp3) is 0.211. The maximum absolute atomic E-state index is 12.1. The van der Waals surface area contributed by atoms with Gasteiger partial charge >= 0.3 is 5.97 Å². The molecule has 7 nitrogen and oxygen atoms in total. The molecule has 1 aromatic carbocycles. The third kappa shape index (κ3) is 4.73. The van der Waals surface area contributed by atoms with Gasteiger partial charge < -0.3 is 21.1 Å². The van der Waals surface area contributed by atoms with Crippen LogP contribution < -0.4 is 16.4 Å². The molecule has 0 unspecified atom stereocenters. The topological polar surface area (TPSA) is 102 Å². The number of aromatic nitrogens is 2. The lowest BCUT2D eigenvalue weighted by atomic mass is 10.2. The fourth-order valence-corrected chi connectivity index (χ4v) is 3.21. The molecule has 0 amide bonds. The molecule has 0 bridgehead atoms. The minimum atomic E-state index is -0.400. The van der Waals surface area contributed by atoms with E-state index in [-0.39, 0.29) is 0 Å². The molecule has 0 spiro atoms. The molecule has 8 heteroatoms. The number of carbonyl (C=O) groups is 1. The number of anilines is 4. The summed E-state index contributed by atoms with van der Waals surface area (Å²) in [4.78, 5) is 21.8. The highest BCUT2D eigenvalue weighted by Gasteiger charge is 2.14. The van der Waals surface area contributed by atoms with Crippen LogP contribution in [0.3, 0.4) is 0 Å². The monoisotopic (exact) mass is 383 g/mol. The van der Waals surface area contributed by atoms with Gasteiger partial charge in [-0.3, -0.25) is 0 Å². The molecule has 0 aliphatic rings. The van der Waals surface area contributed by atoms with E-state index in [9.17, 15) is 4.79 Å². The number of hydrogen-bond acceptors (Lipinski definition) is 8. The molecule has 3 rings (SSSR count). The zero-order valence-corrected chi connectivity index (χ0v) is 15.8. The molecule has 0 aliphatic heterocycles. The molecule has 27 heavy (non-hydrogen) atoms. The van der Waals surface area contributed by atoms with E-state index in [2.05, 4.69) is 32.0 Å². The molecule has 2 heterocycles. The fourth-order valence-electron chi connectivity index (χ4n) is 2.50. The molecule has 0 fully saturated rings. The molecular weight excluding hydrogens is 362 g/mol. The predicted molar refractivity (Wildman–Crippen MR) is 109 cm³/mol. The highest BCUT2D eigenvalue weighted by atomic mass is 32.1. The van der Waals surface area contributed by atoms with Gasteiger partial charge in [0.25, 0.3) is 0 Å². The van der Waals surface area contributed by atoms with E-state index in [0.29, 0.717) is 41.7 Å². The number of carbonyl (C=O) groups excluding carboxylic acids is 1. The average molecular weight is 383 g/mol. The zero-order chi connectivity index (χ0) is 19.1. The van der Waals surface area contributed by atoms with Gasteiger partial charge in [0.15, 0.2) is 11.6 Å². The lowest BCUT2D eigenvalue weighted by Gasteiger charge is -2.14. The van der Waals surface area contributed by atoms with E-state index < -0.39 is 5.97 Å². The molecule has 0 atom stereocenters. The summed E-state index contributed by atoms with van der Waals surface area (Å²) in [5.74, 6) is 0.584. The van der Waals surface area contributed by atoms with E-state index in [0.717, 1.165) is 6.42 Å². The van der Waals surface area contributed by atoms with Crippen LogP contribution in [-0.4, -0.2) is 29.1 Å². The molecule has 140 valence electrons. The Balaban J connectivity index is 1.73. The van der Waals surface area contributed by atoms with Crippen LogP contribution in [0.5, 0.6) is 0 Å². The second kappa shape index (κ2) is 9.00. The van der Waals surface area contributed by atoms with Crippen molar-refractivity contribution in [3.63, 3.8) is 0 Å². The molecule has 3 aromatic rings. The molecule has 0 saturated heterocycles. The summed E-state index contributed by atoms with van der Waals surface area (Å²) in [6.07, 6.45) is 2.31. The number of nitrogen functional groups attached to an aromatic ring is 1. The standard InChI is InChI=1S/C19H21N5O2S/c1-2-26-19(25)14-7-3-4-8-15(14)24-18-16(20)17(22-12-23-18)21-10-9-13-6-5-11-27-13/h3-8,11-12H,2,9-10,20H2,1H3,(H2,21,22,23,24). The Labute approximate surface area is 161 Å². The number of benzene rings is 1. The second-order valence-corrected chi connectivity index (χ2v) is 6.66. The lowest BCUT2D eigenvalue weighted by molar-refractivity contribution is 0.0527. The number of para-hydroxylation sites is 1. The first-order valence-corrected chi connectivity index (χ1v) is 9.47. The van der Waals surface area contributed by atoms with Crippen LogP contribution in [0.25, 0.3) is 0 Å². The zero-order valence-electron chi connectivity index (χ0n) is 14.9. The number of nitrogens with two attached hydrogens (primary N) is 1. The Morgan fingerprint density at radius 3 is 2.78 bits per heavy atom. The van der Waals surface area contributed by atoms with Gasteiger partial charge in [-0.1, -0.05) is 18.2 Å². The largest absolute Gasteiger partial charge is 0.462 e. The first-order valence-electron chi connectivity index (χ1n) is 8.59. The van der Waals surface area contributed by atoms with Crippen molar-refractivity contribution in [2.24, 2.45) is 0 Å². The molecule has 0 saturated carbocycles. The number of nitrogens with one attached hydrogen (secondary N) is 2. The highest BCUT2D eigenvalue weighted by molar-refractivity contribution is 7.09. The number of thiophene rings is 1. The second-order valence-electron chi connectivity index (χ2n) is 5.63. The summed E-state index contributed by atoms with van der Waals surface area (Å²) in [6.45, 7) is 2.78. The molecule has 4 N–H and O–H groups in total. The van der Waals surface area contributed by atoms with Crippen molar-refractivity contribution in [2.45, 2.75) is 13.3 Å². The maximum Gasteiger partial charge on any atom is 0.340 e. The van der Waals surface area contributed by atoms with Crippen molar-refractivity contribution in [3.05, 3.63) is 58.5 Å².